The average molecular weight is 302 g/mol. The van der Waals surface area contributed by atoms with E-state index < -0.39 is 23.7 Å². The molecule has 0 aliphatic rings. The molecule has 0 radical (unpaired) electrons. The SMILES string of the molecule is CC(C)CC(NC(=O)Cc1ccc(F)cc1Cl)C(=O)O. The largest absolute Gasteiger partial charge is 0.480 e. The molecule has 0 aliphatic heterocycles. The van der Waals surface area contributed by atoms with E-state index in [1.165, 1.54) is 12.1 Å². The molecule has 0 bridgehead atoms. The Labute approximate surface area is 121 Å². The number of aliphatic carboxylic acids is 1. The van der Waals surface area contributed by atoms with Crippen LogP contribution in [0.1, 0.15) is 25.8 Å². The Morgan fingerprint density at radius 2 is 2.05 bits per heavy atom. The predicted molar refractivity (Wildman–Crippen MR) is 74.1 cm³/mol. The maximum atomic E-state index is 12.9. The highest BCUT2D eigenvalue weighted by molar-refractivity contribution is 6.31. The van der Waals surface area contributed by atoms with E-state index in [-0.39, 0.29) is 17.4 Å². The first-order valence-electron chi connectivity index (χ1n) is 6.25. The lowest BCUT2D eigenvalue weighted by Crippen LogP contribution is -2.42. The number of nitrogens with one attached hydrogen (secondary N) is 1. The summed E-state index contributed by atoms with van der Waals surface area (Å²) in [5, 5.41) is 11.6. The first-order valence-corrected chi connectivity index (χ1v) is 6.63. The number of hydrogen-bond donors (Lipinski definition) is 2. The molecule has 0 aromatic heterocycles. The summed E-state index contributed by atoms with van der Waals surface area (Å²) < 4.78 is 12.9. The lowest BCUT2D eigenvalue weighted by molar-refractivity contribution is -0.142. The third kappa shape index (κ3) is 5.17. The zero-order valence-electron chi connectivity index (χ0n) is 11.3. The van der Waals surface area contributed by atoms with Gasteiger partial charge in [0.2, 0.25) is 5.91 Å². The Bertz CT molecular complexity index is 505. The normalized spacial score (nSPS) is 12.2. The van der Waals surface area contributed by atoms with Gasteiger partial charge in [-0.05, 0) is 30.0 Å². The van der Waals surface area contributed by atoms with Gasteiger partial charge in [-0.3, -0.25) is 4.79 Å². The van der Waals surface area contributed by atoms with Crippen LogP contribution in [0.5, 0.6) is 0 Å². The van der Waals surface area contributed by atoms with Crippen molar-refractivity contribution >= 4 is 23.5 Å². The highest BCUT2D eigenvalue weighted by atomic mass is 35.5. The van der Waals surface area contributed by atoms with Crippen molar-refractivity contribution in [3.05, 3.63) is 34.6 Å². The van der Waals surface area contributed by atoms with Crippen molar-refractivity contribution < 1.29 is 19.1 Å². The van der Waals surface area contributed by atoms with Crippen LogP contribution in [0.15, 0.2) is 18.2 Å². The maximum absolute atomic E-state index is 12.9. The molecular weight excluding hydrogens is 285 g/mol. The highest BCUT2D eigenvalue weighted by Crippen LogP contribution is 2.17. The Hall–Kier alpha value is -1.62. The molecule has 1 rings (SSSR count). The van der Waals surface area contributed by atoms with Crippen molar-refractivity contribution in [2.24, 2.45) is 5.92 Å². The summed E-state index contributed by atoms with van der Waals surface area (Å²) in [6.45, 7) is 3.75. The van der Waals surface area contributed by atoms with Gasteiger partial charge in [0.15, 0.2) is 0 Å². The number of carbonyl (C=O) groups is 2. The van der Waals surface area contributed by atoms with E-state index in [4.69, 9.17) is 16.7 Å². The number of hydrogen-bond acceptors (Lipinski definition) is 2. The van der Waals surface area contributed by atoms with Crippen LogP contribution in [-0.4, -0.2) is 23.0 Å². The number of carboxylic acids is 1. The van der Waals surface area contributed by atoms with Crippen molar-refractivity contribution in [2.75, 3.05) is 0 Å². The monoisotopic (exact) mass is 301 g/mol. The molecule has 0 heterocycles. The first kappa shape index (κ1) is 16.4. The van der Waals surface area contributed by atoms with Crippen LogP contribution in [0.2, 0.25) is 5.02 Å². The van der Waals surface area contributed by atoms with Crippen molar-refractivity contribution in [1.29, 1.82) is 0 Å². The summed E-state index contributed by atoms with van der Waals surface area (Å²) in [5.41, 5.74) is 0.458. The van der Waals surface area contributed by atoms with E-state index >= 15 is 0 Å². The number of amides is 1. The van der Waals surface area contributed by atoms with Crippen molar-refractivity contribution in [3.8, 4) is 0 Å². The highest BCUT2D eigenvalue weighted by Gasteiger charge is 2.21. The summed E-state index contributed by atoms with van der Waals surface area (Å²) in [4.78, 5) is 22.9. The second-order valence-electron chi connectivity index (χ2n) is 5.00. The molecule has 4 nitrogen and oxygen atoms in total. The minimum atomic E-state index is -1.07. The zero-order chi connectivity index (χ0) is 15.3. The fraction of sp³-hybridized carbons (Fsp3) is 0.429. The van der Waals surface area contributed by atoms with E-state index in [2.05, 4.69) is 5.32 Å². The average Bonchev–Trinajstić information content (AvgIpc) is 2.31. The second kappa shape index (κ2) is 7.24. The minimum absolute atomic E-state index is 0.0824. The summed E-state index contributed by atoms with van der Waals surface area (Å²) in [5.74, 6) is -1.86. The second-order valence-corrected chi connectivity index (χ2v) is 5.41. The molecule has 1 unspecified atom stereocenters. The Balaban J connectivity index is 2.68. The number of carboxylic acid groups (broad SMARTS) is 1. The molecule has 1 amide bonds. The Morgan fingerprint density at radius 1 is 1.40 bits per heavy atom. The van der Waals surface area contributed by atoms with E-state index in [1.807, 2.05) is 13.8 Å². The third-order valence-corrected chi connectivity index (χ3v) is 3.06. The molecule has 0 saturated carbocycles. The van der Waals surface area contributed by atoms with E-state index in [9.17, 15) is 14.0 Å². The molecule has 0 saturated heterocycles. The molecule has 20 heavy (non-hydrogen) atoms. The number of carbonyl (C=O) groups excluding carboxylic acids is 1. The van der Waals surface area contributed by atoms with Gasteiger partial charge < -0.3 is 10.4 Å². The summed E-state index contributed by atoms with van der Waals surface area (Å²) in [6.07, 6.45) is 0.263. The van der Waals surface area contributed by atoms with E-state index in [0.29, 0.717) is 12.0 Å². The lowest BCUT2D eigenvalue weighted by Gasteiger charge is -2.16. The lowest BCUT2D eigenvalue weighted by atomic mass is 10.0. The van der Waals surface area contributed by atoms with Gasteiger partial charge in [-0.2, -0.15) is 0 Å². The molecule has 0 aliphatic carbocycles. The number of benzene rings is 1. The van der Waals surface area contributed by atoms with Crippen LogP contribution in [0.3, 0.4) is 0 Å². The Kier molecular flexibility index (Phi) is 5.95. The molecular formula is C14H17ClFNO3. The van der Waals surface area contributed by atoms with E-state index in [1.54, 1.807) is 0 Å². The van der Waals surface area contributed by atoms with Gasteiger partial charge >= 0.3 is 5.97 Å². The van der Waals surface area contributed by atoms with Crippen LogP contribution in [0.25, 0.3) is 0 Å². The fourth-order valence-corrected chi connectivity index (χ4v) is 2.01. The summed E-state index contributed by atoms with van der Waals surface area (Å²) in [6, 6.07) is 2.81. The van der Waals surface area contributed by atoms with Crippen LogP contribution >= 0.6 is 11.6 Å². The Morgan fingerprint density at radius 3 is 2.55 bits per heavy atom. The van der Waals surface area contributed by atoms with Crippen molar-refractivity contribution in [1.82, 2.24) is 5.32 Å². The molecule has 0 spiro atoms. The van der Waals surface area contributed by atoms with Gasteiger partial charge in [0, 0.05) is 5.02 Å². The minimum Gasteiger partial charge on any atom is -0.480 e. The number of halogens is 2. The maximum Gasteiger partial charge on any atom is 0.326 e. The molecule has 0 fully saturated rings. The zero-order valence-corrected chi connectivity index (χ0v) is 12.1. The quantitative estimate of drug-likeness (QED) is 0.849. The molecule has 1 aromatic carbocycles. The van der Waals surface area contributed by atoms with Gasteiger partial charge in [-0.15, -0.1) is 0 Å². The van der Waals surface area contributed by atoms with E-state index in [0.717, 1.165) is 6.07 Å². The molecule has 110 valence electrons. The first-order chi connectivity index (χ1) is 9.29. The van der Waals surface area contributed by atoms with Crippen LogP contribution < -0.4 is 5.32 Å². The number of rotatable bonds is 6. The topological polar surface area (TPSA) is 66.4 Å². The smallest absolute Gasteiger partial charge is 0.326 e. The molecule has 1 aromatic rings. The van der Waals surface area contributed by atoms with Crippen LogP contribution in [0.4, 0.5) is 4.39 Å². The van der Waals surface area contributed by atoms with Crippen molar-refractivity contribution in [3.63, 3.8) is 0 Å². The van der Waals surface area contributed by atoms with Gasteiger partial charge in [0.05, 0.1) is 6.42 Å². The van der Waals surface area contributed by atoms with Gasteiger partial charge in [0.1, 0.15) is 11.9 Å². The van der Waals surface area contributed by atoms with Crippen LogP contribution in [0, 0.1) is 11.7 Å². The standard InChI is InChI=1S/C14H17ClFNO3/c1-8(2)5-12(14(19)20)17-13(18)6-9-3-4-10(16)7-11(9)15/h3-4,7-8,12H,5-6H2,1-2H3,(H,17,18)(H,19,20). The molecule has 2 N–H and O–H groups in total. The predicted octanol–water partition coefficient (Wildman–Crippen LogP) is 2.64. The molecule has 6 heteroatoms. The third-order valence-electron chi connectivity index (χ3n) is 2.71. The van der Waals surface area contributed by atoms with Crippen LogP contribution in [-0.2, 0) is 16.0 Å². The van der Waals surface area contributed by atoms with Gasteiger partial charge in [0.25, 0.3) is 0 Å². The summed E-state index contributed by atoms with van der Waals surface area (Å²) >= 11 is 5.82. The summed E-state index contributed by atoms with van der Waals surface area (Å²) in [7, 11) is 0. The van der Waals surface area contributed by atoms with Gasteiger partial charge in [-0.25, -0.2) is 9.18 Å². The fourth-order valence-electron chi connectivity index (χ4n) is 1.78. The van der Waals surface area contributed by atoms with Gasteiger partial charge in [-0.1, -0.05) is 31.5 Å². The molecule has 1 atom stereocenters. The van der Waals surface area contributed by atoms with Crippen molar-refractivity contribution in [2.45, 2.75) is 32.7 Å².